The Bertz CT molecular complexity index is 3880. The first kappa shape index (κ1) is 40.4. The molecule has 10 heterocycles. The van der Waals surface area contributed by atoms with E-state index < -0.39 is 0 Å². The van der Waals surface area contributed by atoms with E-state index in [1.165, 1.54) is 12.7 Å². The third-order valence-corrected chi connectivity index (χ3v) is 10.9. The van der Waals surface area contributed by atoms with Crippen molar-refractivity contribution >= 4 is 34.0 Å². The maximum absolute atomic E-state index is 9.37. The number of nitriles is 2. The minimum Gasteiger partial charge on any atom is -0.381 e. The summed E-state index contributed by atoms with van der Waals surface area (Å²) in [5.74, 6) is 2.40. The molecule has 0 amide bonds. The molecule has 20 nitrogen and oxygen atoms in total. The second-order valence-electron chi connectivity index (χ2n) is 15.2. The highest BCUT2D eigenvalue weighted by Gasteiger charge is 2.23. The zero-order valence-electron chi connectivity index (χ0n) is 35.5. The lowest BCUT2D eigenvalue weighted by molar-refractivity contribution is 0.732. The highest BCUT2D eigenvalue weighted by molar-refractivity contribution is 5.83. The van der Waals surface area contributed by atoms with Gasteiger partial charge in [-0.15, -0.1) is 10.2 Å². The summed E-state index contributed by atoms with van der Waals surface area (Å²) < 4.78 is 7.28. The summed E-state index contributed by atoms with van der Waals surface area (Å²) in [6.07, 6.45) is 13.6. The zero-order chi connectivity index (χ0) is 46.1. The maximum atomic E-state index is 9.37. The number of benzene rings is 2. The molecule has 0 fully saturated rings. The van der Waals surface area contributed by atoms with E-state index in [-0.39, 0.29) is 11.6 Å². The Hall–Kier alpha value is -10.3. The largest absolute Gasteiger partial charge is 0.381 e. The van der Waals surface area contributed by atoms with Gasteiger partial charge in [0.25, 0.3) is 0 Å². The van der Waals surface area contributed by atoms with Gasteiger partial charge in [-0.1, -0.05) is 24.3 Å². The standard InChI is InChI=1S/2C24H16N10/c25-12-15-3-1-4-17(11-15)20-21(18-7-8-27-14-29-18)34-24(22(26)31-20)30-19(32-34)13-33-10-2-5-16-6-9-28-23(16)33;25-12-15-3-1-4-17(11-15)20-21(18-6-9-27-14-29-18)34-24(22(26)31-20)30-19(32-34)13-33-10-7-16-5-2-8-28-23(16)33/h2*1-11,14H,13H2,(H2,26,31). The van der Waals surface area contributed by atoms with Crippen LogP contribution >= 0.6 is 0 Å². The molecule has 2 aliphatic heterocycles. The van der Waals surface area contributed by atoms with E-state index >= 15 is 0 Å². The molecule has 68 heavy (non-hydrogen) atoms. The number of pyridine rings is 2. The Kier molecular flexibility index (Phi) is 10.1. The fourth-order valence-corrected chi connectivity index (χ4v) is 7.94. The minimum absolute atomic E-state index is 0.226. The monoisotopic (exact) mass is 888 g/mol. The average Bonchev–Trinajstić information content (AvgIpc) is 4.22. The van der Waals surface area contributed by atoms with Crippen LogP contribution in [0.25, 0.3) is 79.0 Å². The number of rotatable bonds is 8. The summed E-state index contributed by atoms with van der Waals surface area (Å²) in [6.45, 7) is 0.808. The maximum Gasteiger partial charge on any atom is 0.199 e. The molecule has 0 saturated carbocycles. The van der Waals surface area contributed by atoms with E-state index in [0.717, 1.165) is 33.5 Å². The van der Waals surface area contributed by atoms with E-state index in [1.54, 1.807) is 82.3 Å². The first-order chi connectivity index (χ1) is 33.4. The topological polar surface area (TPSA) is 273 Å². The Morgan fingerprint density at radius 3 is 1.66 bits per heavy atom. The van der Waals surface area contributed by atoms with Crippen molar-refractivity contribution in [2.75, 3.05) is 11.5 Å². The van der Waals surface area contributed by atoms with Gasteiger partial charge in [-0.3, -0.25) is 0 Å². The summed E-state index contributed by atoms with van der Waals surface area (Å²) >= 11 is 0. The molecule has 2 aliphatic rings. The molecule has 0 bridgehead atoms. The number of nitrogen functional groups attached to an aromatic ring is 2. The second-order valence-corrected chi connectivity index (χ2v) is 15.2. The highest BCUT2D eigenvalue weighted by Crippen LogP contribution is 2.34. The van der Waals surface area contributed by atoms with Gasteiger partial charge < -0.3 is 20.6 Å². The van der Waals surface area contributed by atoms with Crippen LogP contribution in [0.3, 0.4) is 0 Å². The Labute approximate surface area is 384 Å². The van der Waals surface area contributed by atoms with Gasteiger partial charge in [-0.2, -0.15) is 10.5 Å². The quantitative estimate of drug-likeness (QED) is 0.173. The van der Waals surface area contributed by atoms with Crippen LogP contribution in [0, 0.1) is 22.7 Å². The van der Waals surface area contributed by atoms with Crippen LogP contribution in [-0.4, -0.2) is 78.2 Å². The molecular formula is C48H32N20. The number of fused-ring (bicyclic) bond motifs is 4. The predicted molar refractivity (Wildman–Crippen MR) is 250 cm³/mol. The second kappa shape index (κ2) is 17.0. The normalized spacial score (nSPS) is 11.1. The molecule has 8 aromatic heterocycles. The van der Waals surface area contributed by atoms with E-state index in [4.69, 9.17) is 21.7 Å². The van der Waals surface area contributed by atoms with Gasteiger partial charge in [0.05, 0.1) is 47.7 Å². The van der Waals surface area contributed by atoms with Gasteiger partial charge in [0.1, 0.15) is 46.9 Å². The van der Waals surface area contributed by atoms with Crippen molar-refractivity contribution < 1.29 is 0 Å². The lowest BCUT2D eigenvalue weighted by Crippen LogP contribution is -2.07. The first-order valence-corrected chi connectivity index (χ1v) is 20.9. The third-order valence-electron chi connectivity index (χ3n) is 10.9. The van der Waals surface area contributed by atoms with Crippen molar-refractivity contribution in [3.05, 3.63) is 170 Å². The van der Waals surface area contributed by atoms with Crippen molar-refractivity contribution in [2.45, 2.75) is 13.1 Å². The number of aromatic nitrogens is 16. The molecule has 324 valence electrons. The molecule has 0 spiro atoms. The molecule has 0 radical (unpaired) electrons. The molecule has 0 unspecified atom stereocenters. The van der Waals surface area contributed by atoms with E-state index in [2.05, 4.69) is 62.0 Å². The Balaban J connectivity index is 0.000000149. The first-order valence-electron chi connectivity index (χ1n) is 20.9. The summed E-state index contributed by atoms with van der Waals surface area (Å²) in [5, 5.41) is 29.3. The number of hydrogen-bond acceptors (Lipinski definition) is 16. The molecule has 2 aromatic carbocycles. The van der Waals surface area contributed by atoms with Crippen molar-refractivity contribution in [1.82, 2.24) is 78.2 Å². The number of hydrogen-bond donors (Lipinski definition) is 2. The van der Waals surface area contributed by atoms with Gasteiger partial charge in [0.15, 0.2) is 34.6 Å². The minimum atomic E-state index is 0.226. The van der Waals surface area contributed by atoms with Gasteiger partial charge in [-0.05, 0) is 72.8 Å². The average molecular weight is 889 g/mol. The van der Waals surface area contributed by atoms with Gasteiger partial charge >= 0.3 is 0 Å². The number of nitrogens with zero attached hydrogens (tertiary/aromatic N) is 18. The summed E-state index contributed by atoms with van der Waals surface area (Å²) in [5.41, 5.74) is 21.4. The summed E-state index contributed by atoms with van der Waals surface area (Å²) in [6, 6.07) is 34.0. The smallest absolute Gasteiger partial charge is 0.199 e. The van der Waals surface area contributed by atoms with Crippen LogP contribution in [0.1, 0.15) is 22.8 Å². The van der Waals surface area contributed by atoms with Crippen LogP contribution in [0.15, 0.2) is 147 Å². The van der Waals surface area contributed by atoms with E-state index in [9.17, 15) is 10.5 Å². The van der Waals surface area contributed by atoms with Crippen molar-refractivity contribution in [3.63, 3.8) is 0 Å². The lowest BCUT2D eigenvalue weighted by Gasteiger charge is -2.11. The van der Waals surface area contributed by atoms with Crippen LogP contribution in [0.5, 0.6) is 0 Å². The highest BCUT2D eigenvalue weighted by atomic mass is 15.3. The van der Waals surface area contributed by atoms with Crippen molar-refractivity contribution in [2.24, 2.45) is 0 Å². The Morgan fingerprint density at radius 2 is 1.09 bits per heavy atom. The molecule has 0 atom stereocenters. The molecule has 0 aliphatic carbocycles. The molecule has 4 N–H and O–H groups in total. The number of nitrogens with two attached hydrogens (primary N) is 2. The summed E-state index contributed by atoms with van der Waals surface area (Å²) in [7, 11) is 0. The molecule has 20 heteroatoms. The summed E-state index contributed by atoms with van der Waals surface area (Å²) in [4.78, 5) is 44.5. The number of anilines is 2. The molecule has 10 aromatic rings. The van der Waals surface area contributed by atoms with Gasteiger partial charge in [-0.25, -0.2) is 58.9 Å². The fourth-order valence-electron chi connectivity index (χ4n) is 7.94. The lowest BCUT2D eigenvalue weighted by atomic mass is 10.0. The van der Waals surface area contributed by atoms with E-state index in [0.29, 0.717) is 81.3 Å². The van der Waals surface area contributed by atoms with Crippen molar-refractivity contribution in [3.8, 4) is 68.8 Å². The van der Waals surface area contributed by atoms with Crippen LogP contribution in [0.4, 0.5) is 11.6 Å². The molecule has 12 rings (SSSR count). The van der Waals surface area contributed by atoms with Crippen LogP contribution < -0.4 is 11.5 Å². The van der Waals surface area contributed by atoms with Crippen LogP contribution in [-0.2, 0) is 13.1 Å². The van der Waals surface area contributed by atoms with Crippen LogP contribution in [0.2, 0.25) is 0 Å². The molecular weight excluding hydrogens is 857 g/mol. The third kappa shape index (κ3) is 7.42. The van der Waals surface area contributed by atoms with E-state index in [1.807, 2.05) is 70.1 Å². The fraction of sp³-hybridized carbons (Fsp3) is 0.0417. The van der Waals surface area contributed by atoms with Crippen molar-refractivity contribution in [1.29, 1.82) is 10.5 Å². The predicted octanol–water partition coefficient (Wildman–Crippen LogP) is 6.15. The molecule has 0 saturated heterocycles. The van der Waals surface area contributed by atoms with Gasteiger partial charge in [0, 0.05) is 59.3 Å². The SMILES string of the molecule is N#Cc1cccc(-c2nc(N)c3nc(Cn4ccc5cccnc54)nn3c2-c2ccncn2)c1.N#Cc1cccc(-c2nc(N)c3nc(Cn4cccc5ccnc4-5)nn3c2-c2ccncn2)c1. The van der Waals surface area contributed by atoms with Gasteiger partial charge in [0.2, 0.25) is 0 Å². The Morgan fingerprint density at radius 1 is 0.500 bits per heavy atom. The zero-order valence-corrected chi connectivity index (χ0v) is 35.5.